The van der Waals surface area contributed by atoms with Crippen LogP contribution in [0.3, 0.4) is 0 Å². The van der Waals surface area contributed by atoms with Gasteiger partial charge in [-0.05, 0) is 31.0 Å². The molecule has 1 aromatic carbocycles. The predicted molar refractivity (Wildman–Crippen MR) is 50.9 cm³/mol. The SMILES string of the molecule is O=C(O)C(O)C1(c2cc(F)ccc2F)CC1. The van der Waals surface area contributed by atoms with Crippen LogP contribution in [0, 0.1) is 11.6 Å². The van der Waals surface area contributed by atoms with Crippen molar-refractivity contribution in [2.24, 2.45) is 0 Å². The number of carbonyl (C=O) groups is 1. The number of hydrogen-bond donors (Lipinski definition) is 2. The van der Waals surface area contributed by atoms with Gasteiger partial charge in [0.1, 0.15) is 11.6 Å². The van der Waals surface area contributed by atoms with Crippen molar-refractivity contribution in [3.8, 4) is 0 Å². The molecule has 1 fully saturated rings. The lowest BCUT2D eigenvalue weighted by Gasteiger charge is -2.19. The van der Waals surface area contributed by atoms with Crippen LogP contribution in [-0.2, 0) is 10.2 Å². The van der Waals surface area contributed by atoms with Gasteiger partial charge in [0.2, 0.25) is 0 Å². The monoisotopic (exact) mass is 228 g/mol. The van der Waals surface area contributed by atoms with Crippen LogP contribution in [0.5, 0.6) is 0 Å². The highest BCUT2D eigenvalue weighted by atomic mass is 19.1. The fraction of sp³-hybridized carbons (Fsp3) is 0.364. The molecule has 0 radical (unpaired) electrons. The molecular formula is C11H10F2O3. The van der Waals surface area contributed by atoms with Gasteiger partial charge in [-0.25, -0.2) is 13.6 Å². The summed E-state index contributed by atoms with van der Waals surface area (Å²) in [6.07, 6.45) is -0.995. The average molecular weight is 228 g/mol. The third-order valence-electron chi connectivity index (χ3n) is 3.01. The quantitative estimate of drug-likeness (QED) is 0.823. The molecule has 0 aliphatic heterocycles. The molecule has 0 bridgehead atoms. The number of hydrogen-bond acceptors (Lipinski definition) is 2. The van der Waals surface area contributed by atoms with E-state index in [1.807, 2.05) is 0 Å². The second-order valence-corrected chi connectivity index (χ2v) is 4.02. The van der Waals surface area contributed by atoms with E-state index >= 15 is 0 Å². The fourth-order valence-electron chi connectivity index (χ4n) is 1.94. The zero-order chi connectivity index (χ0) is 11.9. The Kier molecular flexibility index (Phi) is 2.42. The summed E-state index contributed by atoms with van der Waals surface area (Å²) in [5.74, 6) is -2.74. The Morgan fingerprint density at radius 2 is 2.00 bits per heavy atom. The third-order valence-corrected chi connectivity index (χ3v) is 3.01. The van der Waals surface area contributed by atoms with Gasteiger partial charge in [0.25, 0.3) is 0 Å². The van der Waals surface area contributed by atoms with Crippen LogP contribution in [0.15, 0.2) is 18.2 Å². The Labute approximate surface area is 90.3 Å². The van der Waals surface area contributed by atoms with Crippen LogP contribution >= 0.6 is 0 Å². The van der Waals surface area contributed by atoms with Crippen molar-refractivity contribution < 1.29 is 23.8 Å². The van der Waals surface area contributed by atoms with E-state index in [1.165, 1.54) is 0 Å². The number of aliphatic hydroxyl groups excluding tert-OH is 1. The van der Waals surface area contributed by atoms with Crippen molar-refractivity contribution in [1.82, 2.24) is 0 Å². The molecule has 1 aliphatic carbocycles. The summed E-state index contributed by atoms with van der Waals surface area (Å²) in [5.41, 5.74) is -1.21. The topological polar surface area (TPSA) is 57.5 Å². The van der Waals surface area contributed by atoms with E-state index in [0.29, 0.717) is 12.8 Å². The lowest BCUT2D eigenvalue weighted by atomic mass is 9.89. The number of carboxylic acid groups (broad SMARTS) is 1. The molecule has 86 valence electrons. The maximum Gasteiger partial charge on any atom is 0.333 e. The summed E-state index contributed by atoms with van der Waals surface area (Å²) in [7, 11) is 0. The predicted octanol–water partition coefficient (Wildman–Crippen LogP) is 1.44. The highest BCUT2D eigenvalue weighted by Gasteiger charge is 2.54. The van der Waals surface area contributed by atoms with Crippen molar-refractivity contribution in [2.45, 2.75) is 24.4 Å². The van der Waals surface area contributed by atoms with Crippen LogP contribution in [0.2, 0.25) is 0 Å². The molecule has 1 saturated carbocycles. The summed E-state index contributed by atoms with van der Waals surface area (Å²) in [5, 5.41) is 18.2. The van der Waals surface area contributed by atoms with E-state index in [-0.39, 0.29) is 5.56 Å². The average Bonchev–Trinajstić information content (AvgIpc) is 3.01. The molecule has 1 aliphatic rings. The molecule has 2 N–H and O–H groups in total. The van der Waals surface area contributed by atoms with Crippen molar-refractivity contribution in [1.29, 1.82) is 0 Å². The molecular weight excluding hydrogens is 218 g/mol. The Hall–Kier alpha value is -1.49. The van der Waals surface area contributed by atoms with Crippen LogP contribution in [-0.4, -0.2) is 22.3 Å². The standard InChI is InChI=1S/C11H10F2O3/c12-6-1-2-8(13)7(5-6)11(3-4-11)9(14)10(15)16/h1-2,5,9,14H,3-4H2,(H,15,16). The number of aliphatic hydroxyl groups is 1. The zero-order valence-electron chi connectivity index (χ0n) is 8.28. The molecule has 3 nitrogen and oxygen atoms in total. The minimum atomic E-state index is -1.69. The van der Waals surface area contributed by atoms with Crippen molar-refractivity contribution in [3.05, 3.63) is 35.4 Å². The van der Waals surface area contributed by atoms with Crippen LogP contribution in [0.25, 0.3) is 0 Å². The first kappa shape index (κ1) is 11.0. The van der Waals surface area contributed by atoms with Gasteiger partial charge in [0, 0.05) is 11.0 Å². The molecule has 0 saturated heterocycles. The number of aliphatic carboxylic acids is 1. The first-order valence-corrected chi connectivity index (χ1v) is 4.84. The maximum atomic E-state index is 13.5. The van der Waals surface area contributed by atoms with E-state index in [2.05, 4.69) is 0 Å². The molecule has 0 spiro atoms. The summed E-state index contributed by atoms with van der Waals surface area (Å²) in [4.78, 5) is 10.7. The molecule has 1 atom stereocenters. The first-order valence-electron chi connectivity index (χ1n) is 4.84. The second-order valence-electron chi connectivity index (χ2n) is 4.02. The molecule has 1 aromatic rings. The van der Waals surface area contributed by atoms with Gasteiger partial charge >= 0.3 is 5.97 Å². The van der Waals surface area contributed by atoms with Crippen LogP contribution < -0.4 is 0 Å². The third kappa shape index (κ3) is 1.57. The van der Waals surface area contributed by atoms with Gasteiger partial charge in [-0.3, -0.25) is 0 Å². The Morgan fingerprint density at radius 3 is 2.50 bits per heavy atom. The molecule has 0 heterocycles. The normalized spacial score (nSPS) is 19.2. The fourth-order valence-corrected chi connectivity index (χ4v) is 1.94. The zero-order valence-corrected chi connectivity index (χ0v) is 8.28. The number of benzene rings is 1. The minimum Gasteiger partial charge on any atom is -0.479 e. The van der Waals surface area contributed by atoms with Crippen LogP contribution in [0.4, 0.5) is 8.78 Å². The van der Waals surface area contributed by atoms with Gasteiger partial charge in [-0.2, -0.15) is 0 Å². The van der Waals surface area contributed by atoms with E-state index in [9.17, 15) is 18.7 Å². The number of rotatable bonds is 3. The summed E-state index contributed by atoms with van der Waals surface area (Å²) < 4.78 is 26.4. The Balaban J connectivity index is 2.44. The number of halogens is 2. The second kappa shape index (κ2) is 3.52. The highest BCUT2D eigenvalue weighted by molar-refractivity contribution is 5.75. The Bertz CT molecular complexity index is 441. The molecule has 0 aromatic heterocycles. The van der Waals surface area contributed by atoms with Gasteiger partial charge in [-0.15, -0.1) is 0 Å². The van der Waals surface area contributed by atoms with Crippen molar-refractivity contribution in [2.75, 3.05) is 0 Å². The maximum absolute atomic E-state index is 13.5. The lowest BCUT2D eigenvalue weighted by molar-refractivity contribution is -0.148. The van der Waals surface area contributed by atoms with Gasteiger partial charge < -0.3 is 10.2 Å². The number of carboxylic acids is 1. The van der Waals surface area contributed by atoms with Gasteiger partial charge in [-0.1, -0.05) is 0 Å². The van der Waals surface area contributed by atoms with E-state index in [0.717, 1.165) is 18.2 Å². The van der Waals surface area contributed by atoms with E-state index < -0.39 is 29.1 Å². The molecule has 2 rings (SSSR count). The largest absolute Gasteiger partial charge is 0.479 e. The molecule has 16 heavy (non-hydrogen) atoms. The van der Waals surface area contributed by atoms with Crippen molar-refractivity contribution >= 4 is 5.97 Å². The lowest BCUT2D eigenvalue weighted by Crippen LogP contribution is -2.34. The molecule has 0 amide bonds. The smallest absolute Gasteiger partial charge is 0.333 e. The van der Waals surface area contributed by atoms with Gasteiger partial charge in [0.15, 0.2) is 6.10 Å². The summed E-state index contributed by atoms with van der Waals surface area (Å²) in [6.45, 7) is 0. The Morgan fingerprint density at radius 1 is 1.38 bits per heavy atom. The summed E-state index contributed by atoms with van der Waals surface area (Å²) >= 11 is 0. The summed E-state index contributed by atoms with van der Waals surface area (Å²) in [6, 6.07) is 2.86. The molecule has 1 unspecified atom stereocenters. The van der Waals surface area contributed by atoms with E-state index in [1.54, 1.807) is 0 Å². The first-order chi connectivity index (χ1) is 7.47. The van der Waals surface area contributed by atoms with Crippen LogP contribution in [0.1, 0.15) is 18.4 Å². The van der Waals surface area contributed by atoms with Crippen molar-refractivity contribution in [3.63, 3.8) is 0 Å². The van der Waals surface area contributed by atoms with E-state index in [4.69, 9.17) is 5.11 Å². The molecule has 5 heteroatoms. The van der Waals surface area contributed by atoms with Gasteiger partial charge in [0.05, 0.1) is 0 Å². The minimum absolute atomic E-state index is 0.0533. The highest BCUT2D eigenvalue weighted by Crippen LogP contribution is 2.52.